The molecule has 1 N–H and O–H groups in total. The summed E-state index contributed by atoms with van der Waals surface area (Å²) in [6.07, 6.45) is 13.3. The monoisotopic (exact) mass is 623 g/mol. The number of hydrogen-bond donors (Lipinski definition) is 1. The van der Waals surface area contributed by atoms with E-state index in [9.17, 15) is 15.0 Å². The second-order valence-electron chi connectivity index (χ2n) is 12.4. The van der Waals surface area contributed by atoms with Crippen molar-refractivity contribution in [3.05, 3.63) is 99.7 Å². The van der Waals surface area contributed by atoms with Crippen LogP contribution in [0.5, 0.6) is 0 Å². The van der Waals surface area contributed by atoms with E-state index in [2.05, 4.69) is 55.5 Å². The second kappa shape index (κ2) is 14.5. The number of fused-ring (bicyclic) bond motifs is 1. The van der Waals surface area contributed by atoms with E-state index in [0.29, 0.717) is 10.9 Å². The third-order valence-electron chi connectivity index (χ3n) is 8.66. The van der Waals surface area contributed by atoms with Crippen LogP contribution in [0.2, 0.25) is 5.02 Å². The first-order chi connectivity index (χ1) is 20.0. The number of halogens is 1. The molecule has 3 aromatic rings. The van der Waals surface area contributed by atoms with E-state index in [1.165, 1.54) is 11.1 Å². The van der Waals surface area contributed by atoms with E-state index in [4.69, 9.17) is 16.6 Å². The van der Waals surface area contributed by atoms with E-state index in [1.807, 2.05) is 56.0 Å². The SMILES string of the molecule is C[C@@H]1C[C@]1(CS[C@H](CCC1=CCCC=C1C(C)(C)O)c1cccc(/C=C/c2ccc3ccc(Cl)cc3n2)c1)CC(=O)[O-].[Na+]. The number of pyridine rings is 1. The molecule has 5 rings (SSSR count). The van der Waals surface area contributed by atoms with Crippen LogP contribution in [0.15, 0.2) is 77.9 Å². The molecule has 7 heteroatoms. The molecule has 0 spiro atoms. The molecule has 0 bridgehead atoms. The fourth-order valence-electron chi connectivity index (χ4n) is 6.09. The Balaban J connectivity index is 0.00000423. The first-order valence-electron chi connectivity index (χ1n) is 14.8. The van der Waals surface area contributed by atoms with Crippen molar-refractivity contribution in [3.63, 3.8) is 0 Å². The topological polar surface area (TPSA) is 73.2 Å². The molecular weight excluding hydrogens is 585 g/mol. The number of allylic oxidation sites excluding steroid dienone is 2. The third kappa shape index (κ3) is 8.87. The number of thioether (sulfide) groups is 1. The number of hydrogen-bond acceptors (Lipinski definition) is 5. The van der Waals surface area contributed by atoms with Crippen LogP contribution in [0.3, 0.4) is 0 Å². The minimum atomic E-state index is -0.958. The number of carboxylic acids is 1. The predicted octanol–water partition coefficient (Wildman–Crippen LogP) is 5.20. The van der Waals surface area contributed by atoms with Crippen molar-refractivity contribution in [2.45, 2.75) is 70.1 Å². The summed E-state index contributed by atoms with van der Waals surface area (Å²) in [6, 6.07) is 18.4. The summed E-state index contributed by atoms with van der Waals surface area (Å²) < 4.78 is 0. The molecular formula is C36H39ClNNaO3S. The minimum Gasteiger partial charge on any atom is -0.550 e. The molecule has 2 aliphatic rings. The van der Waals surface area contributed by atoms with E-state index < -0.39 is 11.6 Å². The Morgan fingerprint density at radius 2 is 1.91 bits per heavy atom. The average molecular weight is 624 g/mol. The maximum absolute atomic E-state index is 11.5. The van der Waals surface area contributed by atoms with Gasteiger partial charge < -0.3 is 15.0 Å². The maximum Gasteiger partial charge on any atom is 1.00 e. The summed E-state index contributed by atoms with van der Waals surface area (Å²) in [5.74, 6) is 0.234. The third-order valence-corrected chi connectivity index (χ3v) is 10.5. The molecule has 220 valence electrons. The molecule has 3 atom stereocenters. The number of carboxylic acid groups (broad SMARTS) is 1. The van der Waals surface area contributed by atoms with Gasteiger partial charge >= 0.3 is 29.6 Å². The van der Waals surface area contributed by atoms with E-state index in [-0.39, 0.29) is 46.6 Å². The van der Waals surface area contributed by atoms with Gasteiger partial charge in [-0.3, -0.25) is 0 Å². The number of carbonyl (C=O) groups is 1. The quantitative estimate of drug-likeness (QED) is 0.281. The molecule has 2 aromatic carbocycles. The predicted molar refractivity (Wildman–Crippen MR) is 174 cm³/mol. The Morgan fingerprint density at radius 1 is 1.16 bits per heavy atom. The van der Waals surface area contributed by atoms with Gasteiger partial charge in [0.25, 0.3) is 0 Å². The molecule has 0 unspecified atom stereocenters. The molecule has 0 amide bonds. The Morgan fingerprint density at radius 3 is 2.63 bits per heavy atom. The second-order valence-corrected chi connectivity index (χ2v) is 14.0. The number of rotatable bonds is 12. The van der Waals surface area contributed by atoms with Crippen molar-refractivity contribution in [3.8, 4) is 0 Å². The minimum absolute atomic E-state index is 0. The Kier molecular flexibility index (Phi) is 11.5. The van der Waals surface area contributed by atoms with Gasteiger partial charge in [0, 0.05) is 27.4 Å². The van der Waals surface area contributed by atoms with Crippen LogP contribution in [-0.4, -0.2) is 27.4 Å². The van der Waals surface area contributed by atoms with Gasteiger partial charge in [0.05, 0.1) is 16.8 Å². The fraction of sp³-hybridized carbons (Fsp3) is 0.389. The molecule has 1 aromatic heterocycles. The standard InChI is InChI=1S/C36H40ClNO3S.Na/c1-24-21-36(24,22-34(39)40)23-42-33(18-14-26-8-4-5-10-31(26)35(2,3)41)28-9-6-7-25(19-28)11-16-30-17-13-27-12-15-29(37)20-32(27)38-30;/h6-13,15-17,19-20,24,33,41H,4-5,14,18,21-23H2,1-3H3,(H,39,40);/q;+1/p-1/b16-11+;/t24-,33-,36-;/m1./s1. The number of benzene rings is 2. The molecule has 0 radical (unpaired) electrons. The van der Waals surface area contributed by atoms with Crippen molar-refractivity contribution in [2.24, 2.45) is 11.3 Å². The number of aliphatic hydroxyl groups is 1. The van der Waals surface area contributed by atoms with Crippen molar-refractivity contribution in [2.75, 3.05) is 5.75 Å². The molecule has 1 saturated carbocycles. The maximum atomic E-state index is 11.5. The van der Waals surface area contributed by atoms with Crippen molar-refractivity contribution in [1.29, 1.82) is 0 Å². The zero-order valence-electron chi connectivity index (χ0n) is 25.6. The van der Waals surface area contributed by atoms with Crippen LogP contribution < -0.4 is 34.7 Å². The van der Waals surface area contributed by atoms with Gasteiger partial charge in [0.15, 0.2) is 0 Å². The zero-order chi connectivity index (χ0) is 29.9. The van der Waals surface area contributed by atoms with E-state index in [1.54, 1.807) is 0 Å². The zero-order valence-corrected chi connectivity index (χ0v) is 29.2. The summed E-state index contributed by atoms with van der Waals surface area (Å²) in [7, 11) is 0. The summed E-state index contributed by atoms with van der Waals surface area (Å²) >= 11 is 8.04. The van der Waals surface area contributed by atoms with Crippen LogP contribution in [0, 0.1) is 11.3 Å². The summed E-state index contributed by atoms with van der Waals surface area (Å²) in [5.41, 5.74) is 5.25. The molecule has 0 saturated heterocycles. The van der Waals surface area contributed by atoms with Crippen molar-refractivity contribution < 1.29 is 44.6 Å². The van der Waals surface area contributed by atoms with E-state index in [0.717, 1.165) is 65.6 Å². The van der Waals surface area contributed by atoms with Gasteiger partial charge in [-0.05, 0) is 110 Å². The van der Waals surface area contributed by atoms with E-state index >= 15 is 0 Å². The summed E-state index contributed by atoms with van der Waals surface area (Å²) in [5, 5.41) is 24.2. The first kappa shape index (κ1) is 34.0. The molecule has 1 heterocycles. The van der Waals surface area contributed by atoms with Gasteiger partial charge in [-0.2, -0.15) is 11.8 Å². The Hall–Kier alpha value is -1.86. The molecule has 1 fully saturated rings. The number of nitrogens with zero attached hydrogens (tertiary/aromatic N) is 1. The largest absolute Gasteiger partial charge is 1.00 e. The van der Waals surface area contributed by atoms with Crippen LogP contribution in [0.4, 0.5) is 0 Å². The molecule has 43 heavy (non-hydrogen) atoms. The van der Waals surface area contributed by atoms with Crippen LogP contribution in [-0.2, 0) is 4.79 Å². The molecule has 2 aliphatic carbocycles. The van der Waals surface area contributed by atoms with Crippen LogP contribution in [0.25, 0.3) is 23.1 Å². The van der Waals surface area contributed by atoms with Crippen LogP contribution in [0.1, 0.15) is 81.4 Å². The van der Waals surface area contributed by atoms with Gasteiger partial charge in [-0.1, -0.05) is 73.2 Å². The molecule has 0 aliphatic heterocycles. The summed E-state index contributed by atoms with van der Waals surface area (Å²) in [4.78, 5) is 16.3. The van der Waals surface area contributed by atoms with Crippen LogP contribution >= 0.6 is 23.4 Å². The first-order valence-corrected chi connectivity index (χ1v) is 16.2. The van der Waals surface area contributed by atoms with Gasteiger partial charge in [-0.15, -0.1) is 0 Å². The van der Waals surface area contributed by atoms with Crippen molar-refractivity contribution >= 4 is 52.4 Å². The number of carbonyl (C=O) groups excluding carboxylic acids is 1. The number of aliphatic carboxylic acids is 1. The smallest absolute Gasteiger partial charge is 0.550 e. The van der Waals surface area contributed by atoms with Gasteiger partial charge in [0.2, 0.25) is 0 Å². The fourth-order valence-corrected chi connectivity index (χ4v) is 7.91. The summed E-state index contributed by atoms with van der Waals surface area (Å²) in [6.45, 7) is 5.86. The number of aromatic nitrogens is 1. The Bertz CT molecular complexity index is 1560. The van der Waals surface area contributed by atoms with Crippen molar-refractivity contribution in [1.82, 2.24) is 4.98 Å². The normalized spacial score (nSPS) is 20.8. The average Bonchev–Trinajstić information content (AvgIpc) is 3.58. The Labute approximate surface area is 287 Å². The van der Waals surface area contributed by atoms with Gasteiger partial charge in [0.1, 0.15) is 0 Å². The van der Waals surface area contributed by atoms with Gasteiger partial charge in [-0.25, -0.2) is 4.98 Å². The molecule has 4 nitrogen and oxygen atoms in total.